The Morgan fingerprint density at radius 3 is 2.71 bits per heavy atom. The van der Waals surface area contributed by atoms with Crippen molar-refractivity contribution in [2.24, 2.45) is 41.4 Å². The molecule has 0 saturated heterocycles. The molecule has 6 rings (SSSR count). The second-order valence-corrected chi connectivity index (χ2v) is 8.02. The van der Waals surface area contributed by atoms with E-state index in [0.29, 0.717) is 0 Å². The van der Waals surface area contributed by atoms with Crippen LogP contribution in [0.3, 0.4) is 0 Å². The van der Waals surface area contributed by atoms with Crippen LogP contribution in [0.5, 0.6) is 0 Å². The van der Waals surface area contributed by atoms with Crippen LogP contribution in [0, 0.1) is 41.4 Å². The Morgan fingerprint density at radius 1 is 1.00 bits per heavy atom. The Balaban J connectivity index is 1.81. The minimum Gasteiger partial charge on any atom is -0.0875 e. The molecule has 9 unspecified atom stereocenters. The summed E-state index contributed by atoms with van der Waals surface area (Å²) in [6.45, 7) is 0. The second-order valence-electron chi connectivity index (χ2n) is 5.90. The number of halogens is 2. The molecule has 0 spiro atoms. The molecule has 0 N–H and O–H groups in total. The summed E-state index contributed by atoms with van der Waals surface area (Å²) in [5.74, 6) is 7.16. The maximum absolute atomic E-state index is 3.95. The van der Waals surface area contributed by atoms with Gasteiger partial charge in [-0.2, -0.15) is 0 Å². The second kappa shape index (κ2) is 2.07. The molecular weight excluding hydrogens is 304 g/mol. The maximum Gasteiger partial charge on any atom is 0.0342 e. The van der Waals surface area contributed by atoms with Crippen LogP contribution in [0.25, 0.3) is 0 Å². The largest absolute Gasteiger partial charge is 0.0875 e. The van der Waals surface area contributed by atoms with Crippen LogP contribution in [-0.4, -0.2) is 9.65 Å². The number of hydrogen-bond donors (Lipinski definition) is 0. The fourth-order valence-corrected chi connectivity index (χ4v) is 7.95. The van der Waals surface area contributed by atoms with E-state index in [-0.39, 0.29) is 0 Å². The summed E-state index contributed by atoms with van der Waals surface area (Å²) in [4.78, 5) is 1.50. The van der Waals surface area contributed by atoms with Gasteiger partial charge < -0.3 is 0 Å². The molecular formula is C12H12Br2. The van der Waals surface area contributed by atoms with Crippen LogP contribution in [-0.2, 0) is 0 Å². The highest BCUT2D eigenvalue weighted by Crippen LogP contribution is 2.78. The molecule has 0 amide bonds. The summed E-state index contributed by atoms with van der Waals surface area (Å²) in [5, 5.41) is 0. The summed E-state index contributed by atoms with van der Waals surface area (Å²) >= 11 is 7.89. The van der Waals surface area contributed by atoms with Gasteiger partial charge in [0.15, 0.2) is 0 Å². The third-order valence-electron chi connectivity index (χ3n) is 5.93. The monoisotopic (exact) mass is 314 g/mol. The number of rotatable bonds is 0. The summed E-state index contributed by atoms with van der Waals surface area (Å²) < 4.78 is 0. The van der Waals surface area contributed by atoms with Crippen LogP contribution < -0.4 is 0 Å². The first kappa shape index (κ1) is 7.89. The molecule has 0 aromatic heterocycles. The van der Waals surface area contributed by atoms with Crippen molar-refractivity contribution in [1.82, 2.24) is 0 Å². The van der Waals surface area contributed by atoms with E-state index >= 15 is 0 Å². The maximum atomic E-state index is 3.95. The first-order chi connectivity index (χ1) is 6.79. The van der Waals surface area contributed by atoms with Gasteiger partial charge in [-0.05, 0) is 47.8 Å². The molecule has 6 bridgehead atoms. The van der Waals surface area contributed by atoms with Crippen LogP contribution in [0.4, 0.5) is 0 Å². The van der Waals surface area contributed by atoms with Crippen LogP contribution in [0.15, 0.2) is 11.6 Å². The third-order valence-corrected chi connectivity index (χ3v) is 8.96. The molecule has 4 fully saturated rings. The summed E-state index contributed by atoms with van der Waals surface area (Å²) in [5.41, 5.74) is 1.88. The van der Waals surface area contributed by atoms with E-state index in [9.17, 15) is 0 Å². The molecule has 0 aromatic rings. The zero-order valence-corrected chi connectivity index (χ0v) is 10.9. The molecule has 14 heavy (non-hydrogen) atoms. The van der Waals surface area contributed by atoms with Gasteiger partial charge in [-0.3, -0.25) is 0 Å². The number of allylic oxidation sites excluding steroid dienone is 2. The minimum absolute atomic E-state index is 0.736. The van der Waals surface area contributed by atoms with Gasteiger partial charge in [0, 0.05) is 9.65 Å². The Kier molecular flexibility index (Phi) is 1.16. The van der Waals surface area contributed by atoms with E-state index in [2.05, 4.69) is 37.9 Å². The lowest BCUT2D eigenvalue weighted by atomic mass is 9.53. The van der Waals surface area contributed by atoms with Crippen LogP contribution >= 0.6 is 31.9 Å². The zero-order valence-electron chi connectivity index (χ0n) is 7.74. The number of alkyl halides is 2. The Labute approximate surface area is 101 Å². The van der Waals surface area contributed by atoms with Crippen molar-refractivity contribution in [1.29, 1.82) is 0 Å². The third kappa shape index (κ3) is 0.541. The van der Waals surface area contributed by atoms with Crippen molar-refractivity contribution in [3.8, 4) is 0 Å². The van der Waals surface area contributed by atoms with E-state index in [0.717, 1.165) is 51.1 Å². The Hall–Kier alpha value is 0.700. The van der Waals surface area contributed by atoms with Gasteiger partial charge >= 0.3 is 0 Å². The quantitative estimate of drug-likeness (QED) is 0.475. The number of fused-ring (bicyclic) bond motifs is 1. The lowest BCUT2D eigenvalue weighted by Gasteiger charge is -2.56. The lowest BCUT2D eigenvalue weighted by molar-refractivity contribution is 0.0345. The molecule has 4 saturated carbocycles. The van der Waals surface area contributed by atoms with Crippen LogP contribution in [0.2, 0.25) is 0 Å². The molecule has 0 heterocycles. The van der Waals surface area contributed by atoms with E-state index in [1.54, 1.807) is 6.42 Å². The highest BCUT2D eigenvalue weighted by molar-refractivity contribution is 9.12. The van der Waals surface area contributed by atoms with Gasteiger partial charge in [0.2, 0.25) is 0 Å². The van der Waals surface area contributed by atoms with Gasteiger partial charge in [0.1, 0.15) is 0 Å². The van der Waals surface area contributed by atoms with Crippen molar-refractivity contribution in [3.63, 3.8) is 0 Å². The molecule has 6 aliphatic carbocycles. The predicted octanol–water partition coefficient (Wildman–Crippen LogP) is 3.21. The van der Waals surface area contributed by atoms with Gasteiger partial charge in [0.05, 0.1) is 0 Å². The molecule has 0 aliphatic heterocycles. The molecule has 2 heteroatoms. The molecule has 74 valence electrons. The molecule has 9 atom stereocenters. The van der Waals surface area contributed by atoms with E-state index in [1.807, 2.05) is 5.57 Å². The van der Waals surface area contributed by atoms with Crippen LogP contribution in [0.1, 0.15) is 6.42 Å². The minimum atomic E-state index is 0.736. The predicted molar refractivity (Wildman–Crippen MR) is 62.6 cm³/mol. The summed E-state index contributed by atoms with van der Waals surface area (Å²) in [7, 11) is 0. The van der Waals surface area contributed by atoms with E-state index in [1.165, 1.54) is 0 Å². The smallest absolute Gasteiger partial charge is 0.0342 e. The fourth-order valence-electron chi connectivity index (χ4n) is 5.89. The Morgan fingerprint density at radius 2 is 1.86 bits per heavy atom. The van der Waals surface area contributed by atoms with Crippen molar-refractivity contribution in [2.75, 3.05) is 0 Å². The lowest BCUT2D eigenvalue weighted by Crippen LogP contribution is -2.56. The summed E-state index contributed by atoms with van der Waals surface area (Å²) in [6, 6.07) is 0. The SMILES string of the molecule is BrC1C(Br)C2C3CC4C5C=C(C42)C1C53. The molecule has 0 radical (unpaired) electrons. The van der Waals surface area contributed by atoms with Gasteiger partial charge in [-0.15, -0.1) is 0 Å². The number of hydrogen-bond acceptors (Lipinski definition) is 0. The van der Waals surface area contributed by atoms with E-state index in [4.69, 9.17) is 0 Å². The van der Waals surface area contributed by atoms with Crippen molar-refractivity contribution < 1.29 is 0 Å². The Bertz CT molecular complexity index is 375. The topological polar surface area (TPSA) is 0 Å². The average Bonchev–Trinajstić information content (AvgIpc) is 2.79. The standard InChI is InChI=1S/C12H12Br2/c13-11-9-5-1-3-4-2-6(7(3)9)10(8(4)5)12(11)14/h1,3-4,6-12H,2H2. The highest BCUT2D eigenvalue weighted by atomic mass is 79.9. The van der Waals surface area contributed by atoms with Crippen molar-refractivity contribution in [3.05, 3.63) is 11.6 Å². The molecule has 6 aliphatic rings. The summed E-state index contributed by atoms with van der Waals surface area (Å²) in [6.07, 6.45) is 4.24. The van der Waals surface area contributed by atoms with E-state index < -0.39 is 0 Å². The van der Waals surface area contributed by atoms with Crippen molar-refractivity contribution >= 4 is 31.9 Å². The average molecular weight is 316 g/mol. The first-order valence-corrected chi connectivity index (χ1v) is 7.62. The van der Waals surface area contributed by atoms with Gasteiger partial charge in [-0.25, -0.2) is 0 Å². The van der Waals surface area contributed by atoms with Gasteiger partial charge in [0.25, 0.3) is 0 Å². The highest BCUT2D eigenvalue weighted by Gasteiger charge is 2.74. The van der Waals surface area contributed by atoms with Crippen molar-refractivity contribution in [2.45, 2.75) is 16.1 Å². The zero-order chi connectivity index (χ0) is 9.19. The molecule has 0 aromatic carbocycles. The first-order valence-electron chi connectivity index (χ1n) is 5.79. The normalized spacial score (nSPS) is 75.3. The fraction of sp³-hybridized carbons (Fsp3) is 0.833. The van der Waals surface area contributed by atoms with Gasteiger partial charge in [-0.1, -0.05) is 43.5 Å². The molecule has 0 nitrogen and oxygen atoms in total.